The van der Waals surface area contributed by atoms with Gasteiger partial charge in [-0.25, -0.2) is 4.68 Å². The van der Waals surface area contributed by atoms with Crippen molar-refractivity contribution in [1.29, 1.82) is 0 Å². The smallest absolute Gasteiger partial charge is 0.304 e. The molecule has 0 spiro atoms. The molecule has 11 bridgehead atoms. The predicted octanol–water partition coefficient (Wildman–Crippen LogP) is 5.37. The van der Waals surface area contributed by atoms with E-state index in [0.29, 0.717) is 13.1 Å². The van der Waals surface area contributed by atoms with Crippen molar-refractivity contribution in [3.05, 3.63) is 93.7 Å². The van der Waals surface area contributed by atoms with Gasteiger partial charge in [0.1, 0.15) is 5.52 Å². The molecule has 1 N–H and O–H groups in total. The van der Waals surface area contributed by atoms with E-state index < -0.39 is 5.97 Å². The lowest BCUT2D eigenvalue weighted by atomic mass is 9.83. The molecule has 1 unspecified atom stereocenters. The van der Waals surface area contributed by atoms with Crippen molar-refractivity contribution in [2.75, 3.05) is 6.54 Å². The number of aromatic nitrogens is 4. The van der Waals surface area contributed by atoms with Gasteiger partial charge in [-0.15, -0.1) is 5.10 Å². The van der Waals surface area contributed by atoms with Crippen molar-refractivity contribution < 1.29 is 14.7 Å². The minimum absolute atomic E-state index is 0.0280. The Bertz CT molecular complexity index is 1850. The van der Waals surface area contributed by atoms with Gasteiger partial charge in [-0.05, 0) is 78.1 Å². The Labute approximate surface area is 238 Å². The van der Waals surface area contributed by atoms with E-state index in [9.17, 15) is 14.7 Å². The van der Waals surface area contributed by atoms with Crippen LogP contribution < -0.4 is 0 Å². The number of hydrogen-bond donors (Lipinski definition) is 1. The second-order valence-electron chi connectivity index (χ2n) is 11.6. The number of benzene rings is 3. The van der Waals surface area contributed by atoms with Crippen LogP contribution in [0.15, 0.2) is 54.7 Å². The van der Waals surface area contributed by atoms with Gasteiger partial charge in [0.25, 0.3) is 5.91 Å². The second kappa shape index (κ2) is 9.87. The standard InChI is InChI=1S/C33H33N5O3/c1-20-25-10-11-29-32(20)34-35-38(29)13-4-3-5-21-6-9-26-28(19-36(2)30(26)15-21)33(41)37-14-12-22-7-8-23(16-24(22)18-37)27(25)17-31(39)40/h6-11,15-16,19,27H,3-5,12-14,17-18H2,1-2H3,(H,39,40). The van der Waals surface area contributed by atoms with Crippen LogP contribution in [0.5, 0.6) is 0 Å². The maximum absolute atomic E-state index is 13.9. The molecule has 0 fully saturated rings. The molecule has 5 aliphatic heterocycles. The van der Waals surface area contributed by atoms with Crippen LogP contribution in [-0.2, 0) is 37.8 Å². The number of aryl methyl sites for hydroxylation is 4. The third-order valence-electron chi connectivity index (χ3n) is 9.04. The zero-order chi connectivity index (χ0) is 28.2. The quantitative estimate of drug-likeness (QED) is 0.321. The number of carbonyl (C=O) groups is 2. The number of carboxylic acid groups (broad SMARTS) is 1. The molecule has 0 saturated heterocycles. The number of rotatable bonds is 2. The van der Waals surface area contributed by atoms with Crippen molar-refractivity contribution >= 4 is 33.8 Å². The third kappa shape index (κ3) is 4.38. The Hall–Kier alpha value is -4.46. The molecule has 2 aromatic heterocycles. The van der Waals surface area contributed by atoms with Crippen molar-refractivity contribution in [1.82, 2.24) is 24.5 Å². The van der Waals surface area contributed by atoms with Crippen LogP contribution in [0, 0.1) is 6.92 Å². The van der Waals surface area contributed by atoms with Gasteiger partial charge in [0.2, 0.25) is 0 Å². The highest BCUT2D eigenvalue weighted by Gasteiger charge is 2.27. The Morgan fingerprint density at radius 3 is 2.73 bits per heavy atom. The first kappa shape index (κ1) is 25.5. The third-order valence-corrected chi connectivity index (χ3v) is 9.04. The Morgan fingerprint density at radius 2 is 1.88 bits per heavy atom. The molecule has 41 heavy (non-hydrogen) atoms. The van der Waals surface area contributed by atoms with Crippen LogP contribution in [0.4, 0.5) is 0 Å². The van der Waals surface area contributed by atoms with E-state index in [2.05, 4.69) is 51.3 Å². The summed E-state index contributed by atoms with van der Waals surface area (Å²) in [6, 6.07) is 16.8. The molecule has 0 radical (unpaired) electrons. The molecule has 208 valence electrons. The summed E-state index contributed by atoms with van der Waals surface area (Å²) < 4.78 is 4.02. The number of carbonyl (C=O) groups excluding carboxylic acids is 1. The zero-order valence-electron chi connectivity index (χ0n) is 23.4. The number of aliphatic carboxylic acids is 1. The molecule has 8 heteroatoms. The van der Waals surface area contributed by atoms with Gasteiger partial charge in [0, 0.05) is 49.7 Å². The average molecular weight is 548 g/mol. The summed E-state index contributed by atoms with van der Waals surface area (Å²) in [6.45, 7) is 3.94. The summed E-state index contributed by atoms with van der Waals surface area (Å²) in [5.74, 6) is -1.15. The van der Waals surface area contributed by atoms with E-state index >= 15 is 0 Å². The minimum Gasteiger partial charge on any atom is -0.481 e. The van der Waals surface area contributed by atoms with Crippen molar-refractivity contribution in [3.63, 3.8) is 0 Å². The number of amides is 1. The summed E-state index contributed by atoms with van der Waals surface area (Å²) in [7, 11) is 2.00. The van der Waals surface area contributed by atoms with Crippen LogP contribution in [0.1, 0.15) is 68.9 Å². The fourth-order valence-electron chi connectivity index (χ4n) is 6.79. The summed E-state index contributed by atoms with van der Waals surface area (Å²) >= 11 is 0. The maximum atomic E-state index is 13.9. The maximum Gasteiger partial charge on any atom is 0.304 e. The lowest BCUT2D eigenvalue weighted by molar-refractivity contribution is -0.137. The number of hydrogen-bond acceptors (Lipinski definition) is 4. The largest absolute Gasteiger partial charge is 0.481 e. The highest BCUT2D eigenvalue weighted by Crippen LogP contribution is 2.36. The van der Waals surface area contributed by atoms with Gasteiger partial charge < -0.3 is 14.6 Å². The normalized spacial score (nSPS) is 17.4. The van der Waals surface area contributed by atoms with E-state index in [1.54, 1.807) is 0 Å². The first-order chi connectivity index (χ1) is 19.9. The van der Waals surface area contributed by atoms with E-state index in [1.807, 2.05) is 41.9 Å². The van der Waals surface area contributed by atoms with Gasteiger partial charge in [0.15, 0.2) is 0 Å². The van der Waals surface area contributed by atoms with E-state index in [4.69, 9.17) is 0 Å². The SMILES string of the molecule is Cc1c2ccc3c1nnn3CCCCc1ccc3c(cn(C)c3c1)C(=O)N1CCc3ccc(cc3C1)C2CC(=O)O. The highest BCUT2D eigenvalue weighted by atomic mass is 16.4. The monoisotopic (exact) mass is 547 g/mol. The zero-order valence-corrected chi connectivity index (χ0v) is 23.4. The first-order valence-corrected chi connectivity index (χ1v) is 14.4. The summed E-state index contributed by atoms with van der Waals surface area (Å²) in [6.07, 6.45) is 5.61. The van der Waals surface area contributed by atoms with Crippen molar-refractivity contribution in [2.24, 2.45) is 7.05 Å². The summed E-state index contributed by atoms with van der Waals surface area (Å²) in [4.78, 5) is 27.9. The number of carboxylic acids is 1. The second-order valence-corrected chi connectivity index (χ2v) is 11.6. The lowest BCUT2D eigenvalue weighted by Gasteiger charge is -2.30. The van der Waals surface area contributed by atoms with E-state index in [-0.39, 0.29) is 18.2 Å². The fraction of sp³-hybridized carbons (Fsp3) is 0.333. The fourth-order valence-corrected chi connectivity index (χ4v) is 6.79. The predicted molar refractivity (Wildman–Crippen MR) is 157 cm³/mol. The van der Waals surface area contributed by atoms with Crippen LogP contribution in [0.3, 0.4) is 0 Å². The van der Waals surface area contributed by atoms with E-state index in [0.717, 1.165) is 82.0 Å². The summed E-state index contributed by atoms with van der Waals surface area (Å²) in [5.41, 5.74) is 10.0. The van der Waals surface area contributed by atoms with Gasteiger partial charge in [-0.1, -0.05) is 41.6 Å². The molecule has 1 amide bonds. The minimum atomic E-state index is -0.850. The van der Waals surface area contributed by atoms with Crippen LogP contribution in [0.25, 0.3) is 21.9 Å². The molecule has 0 aliphatic carbocycles. The molecule has 10 rings (SSSR count). The molecular weight excluding hydrogens is 514 g/mol. The number of nitrogens with zero attached hydrogens (tertiary/aromatic N) is 5. The highest BCUT2D eigenvalue weighted by molar-refractivity contribution is 6.07. The Kier molecular flexibility index (Phi) is 6.14. The molecule has 8 nitrogen and oxygen atoms in total. The van der Waals surface area contributed by atoms with E-state index in [1.165, 1.54) is 11.1 Å². The average Bonchev–Trinajstić information content (AvgIpc) is 3.54. The Balaban J connectivity index is 1.36. The topological polar surface area (TPSA) is 93.3 Å². The van der Waals surface area contributed by atoms with Crippen LogP contribution in [-0.4, -0.2) is 48.0 Å². The molecule has 5 aliphatic rings. The molecule has 0 saturated carbocycles. The van der Waals surface area contributed by atoms with Gasteiger partial charge in [-0.2, -0.15) is 0 Å². The Morgan fingerprint density at radius 1 is 1.00 bits per heavy atom. The van der Waals surface area contributed by atoms with Crippen molar-refractivity contribution in [3.8, 4) is 0 Å². The molecule has 1 atom stereocenters. The molecule has 7 heterocycles. The van der Waals surface area contributed by atoms with Crippen LogP contribution in [0.2, 0.25) is 0 Å². The lowest BCUT2D eigenvalue weighted by Crippen LogP contribution is -2.36. The first-order valence-electron chi connectivity index (χ1n) is 14.4. The van der Waals surface area contributed by atoms with Gasteiger partial charge in [-0.3, -0.25) is 9.59 Å². The molecule has 3 aromatic carbocycles. The summed E-state index contributed by atoms with van der Waals surface area (Å²) in [5, 5.41) is 19.9. The van der Waals surface area contributed by atoms with Gasteiger partial charge >= 0.3 is 5.97 Å². The van der Waals surface area contributed by atoms with Crippen LogP contribution >= 0.6 is 0 Å². The molecular formula is C33H33N5O3. The van der Waals surface area contributed by atoms with Gasteiger partial charge in [0.05, 0.1) is 17.5 Å². The molecule has 5 aromatic rings. The van der Waals surface area contributed by atoms with Crippen molar-refractivity contribution in [2.45, 2.75) is 58.0 Å².